The summed E-state index contributed by atoms with van der Waals surface area (Å²) in [5.41, 5.74) is 0. The zero-order chi connectivity index (χ0) is 17.9. The third-order valence-corrected chi connectivity index (χ3v) is 4.78. The van der Waals surface area contributed by atoms with Gasteiger partial charge in [-0.3, -0.25) is 9.69 Å². The maximum Gasteiger partial charge on any atom is 0.324 e. The smallest absolute Gasteiger partial charge is 0.324 e. The molecule has 24 heavy (non-hydrogen) atoms. The number of carbonyl (C=O) groups is 2. The Bertz CT molecular complexity index is 737. The minimum Gasteiger partial charge on any atom is -0.487 e. The molecular formula is C15H19ClN2O5S. The Morgan fingerprint density at radius 2 is 2.00 bits per heavy atom. The number of ether oxygens (including phenoxy) is 1. The minimum absolute atomic E-state index is 0.0469. The largest absolute Gasteiger partial charge is 0.487 e. The molecule has 7 nitrogen and oxygen atoms in total. The van der Waals surface area contributed by atoms with Crippen molar-refractivity contribution in [2.75, 3.05) is 18.6 Å². The second-order valence-corrected chi connectivity index (χ2v) is 8.40. The van der Waals surface area contributed by atoms with E-state index in [-0.39, 0.29) is 18.7 Å². The van der Waals surface area contributed by atoms with Crippen molar-refractivity contribution < 1.29 is 22.7 Å². The van der Waals surface area contributed by atoms with E-state index in [4.69, 9.17) is 16.3 Å². The van der Waals surface area contributed by atoms with Crippen molar-refractivity contribution in [3.63, 3.8) is 0 Å². The van der Waals surface area contributed by atoms with Gasteiger partial charge < -0.3 is 10.1 Å². The standard InChI is InChI=1S/C15H19ClN2O5S/c1-10(23-13-6-4-3-5-11(13)16)9-18-14(19)12(17-15(18)20)7-8-24(2,21)22/h3-6,10,12H,7-9H2,1-2H3,(H,17,20)/t10-,12-/m0/s1. The number of nitrogens with zero attached hydrogens (tertiary/aromatic N) is 1. The molecule has 0 bridgehead atoms. The van der Waals surface area contributed by atoms with Crippen LogP contribution in [-0.2, 0) is 14.6 Å². The lowest BCUT2D eigenvalue weighted by atomic mass is 10.2. The Labute approximate surface area is 145 Å². The lowest BCUT2D eigenvalue weighted by Gasteiger charge is -2.20. The Morgan fingerprint density at radius 1 is 1.33 bits per heavy atom. The molecule has 1 aliphatic heterocycles. The highest BCUT2D eigenvalue weighted by atomic mass is 35.5. The number of nitrogens with one attached hydrogen (secondary N) is 1. The number of amides is 3. The molecule has 1 aromatic carbocycles. The molecule has 2 rings (SSSR count). The van der Waals surface area contributed by atoms with E-state index in [0.29, 0.717) is 10.8 Å². The number of imide groups is 1. The first-order valence-electron chi connectivity index (χ1n) is 7.38. The van der Waals surface area contributed by atoms with Gasteiger partial charge in [0.2, 0.25) is 0 Å². The maximum atomic E-state index is 12.3. The van der Waals surface area contributed by atoms with Crippen LogP contribution in [0, 0.1) is 0 Å². The monoisotopic (exact) mass is 374 g/mol. The van der Waals surface area contributed by atoms with E-state index in [2.05, 4.69) is 5.32 Å². The molecule has 1 aromatic rings. The molecule has 1 fully saturated rings. The molecule has 132 valence electrons. The van der Waals surface area contributed by atoms with E-state index >= 15 is 0 Å². The van der Waals surface area contributed by atoms with E-state index < -0.39 is 33.9 Å². The van der Waals surface area contributed by atoms with Gasteiger partial charge in [-0.1, -0.05) is 23.7 Å². The van der Waals surface area contributed by atoms with Gasteiger partial charge in [-0.05, 0) is 25.5 Å². The first kappa shape index (κ1) is 18.5. The number of urea groups is 1. The van der Waals surface area contributed by atoms with Crippen LogP contribution in [0.3, 0.4) is 0 Å². The highest BCUT2D eigenvalue weighted by Gasteiger charge is 2.38. The summed E-state index contributed by atoms with van der Waals surface area (Å²) in [6, 6.07) is 5.54. The first-order valence-corrected chi connectivity index (χ1v) is 9.82. The first-order chi connectivity index (χ1) is 11.2. The van der Waals surface area contributed by atoms with Gasteiger partial charge in [0.15, 0.2) is 0 Å². The highest BCUT2D eigenvalue weighted by Crippen LogP contribution is 2.24. The van der Waals surface area contributed by atoms with Crippen molar-refractivity contribution in [1.82, 2.24) is 10.2 Å². The average molecular weight is 375 g/mol. The van der Waals surface area contributed by atoms with Crippen LogP contribution in [0.2, 0.25) is 5.02 Å². The summed E-state index contributed by atoms with van der Waals surface area (Å²) in [6.45, 7) is 1.76. The molecule has 0 saturated carbocycles. The van der Waals surface area contributed by atoms with Gasteiger partial charge in [0, 0.05) is 6.26 Å². The predicted molar refractivity (Wildman–Crippen MR) is 89.9 cm³/mol. The van der Waals surface area contributed by atoms with Crippen molar-refractivity contribution in [2.45, 2.75) is 25.5 Å². The topological polar surface area (TPSA) is 92.8 Å². The highest BCUT2D eigenvalue weighted by molar-refractivity contribution is 7.90. The van der Waals surface area contributed by atoms with Gasteiger partial charge in [0.1, 0.15) is 27.7 Å². The zero-order valence-electron chi connectivity index (χ0n) is 13.4. The summed E-state index contributed by atoms with van der Waals surface area (Å²) in [6.07, 6.45) is 0.679. The van der Waals surface area contributed by atoms with Crippen molar-refractivity contribution in [1.29, 1.82) is 0 Å². The molecule has 9 heteroatoms. The molecular weight excluding hydrogens is 356 g/mol. The van der Waals surface area contributed by atoms with Crippen LogP contribution in [0.25, 0.3) is 0 Å². The van der Waals surface area contributed by atoms with Crippen molar-refractivity contribution in [2.24, 2.45) is 0 Å². The van der Waals surface area contributed by atoms with Gasteiger partial charge in [0.05, 0.1) is 17.3 Å². The third kappa shape index (κ3) is 4.85. The van der Waals surface area contributed by atoms with Crippen LogP contribution < -0.4 is 10.1 Å². The Morgan fingerprint density at radius 3 is 2.62 bits per heavy atom. The lowest BCUT2D eigenvalue weighted by Crippen LogP contribution is -2.39. The number of carbonyl (C=O) groups excluding carboxylic acids is 2. The zero-order valence-corrected chi connectivity index (χ0v) is 14.9. The number of rotatable bonds is 7. The van der Waals surface area contributed by atoms with Gasteiger partial charge in [0.25, 0.3) is 5.91 Å². The van der Waals surface area contributed by atoms with E-state index in [1.54, 1.807) is 31.2 Å². The van der Waals surface area contributed by atoms with E-state index in [1.807, 2.05) is 0 Å². The van der Waals surface area contributed by atoms with Gasteiger partial charge in [-0.2, -0.15) is 0 Å². The second kappa shape index (κ2) is 7.40. The molecule has 0 aromatic heterocycles. The van der Waals surface area contributed by atoms with Crippen molar-refractivity contribution >= 4 is 33.4 Å². The number of hydrogen-bond acceptors (Lipinski definition) is 5. The number of benzene rings is 1. The fourth-order valence-corrected chi connectivity index (χ4v) is 3.17. The van der Waals surface area contributed by atoms with Crippen molar-refractivity contribution in [3.8, 4) is 5.75 Å². The van der Waals surface area contributed by atoms with Crippen LogP contribution >= 0.6 is 11.6 Å². The van der Waals surface area contributed by atoms with Crippen LogP contribution in [0.1, 0.15) is 13.3 Å². The normalized spacial score (nSPS) is 19.3. The molecule has 1 saturated heterocycles. The van der Waals surface area contributed by atoms with Crippen LogP contribution in [-0.4, -0.2) is 56.0 Å². The summed E-state index contributed by atoms with van der Waals surface area (Å²) in [5.74, 6) is -0.144. The molecule has 1 heterocycles. The number of para-hydroxylation sites is 1. The predicted octanol–water partition coefficient (Wildman–Crippen LogP) is 1.46. The molecule has 0 spiro atoms. The SMILES string of the molecule is C[C@@H](CN1C(=O)N[C@@H](CCS(C)(=O)=O)C1=O)Oc1ccccc1Cl. The third-order valence-electron chi connectivity index (χ3n) is 3.49. The van der Waals surface area contributed by atoms with Crippen LogP contribution in [0.4, 0.5) is 4.79 Å². The Balaban J connectivity index is 1.95. The molecule has 1 aliphatic rings. The lowest BCUT2D eigenvalue weighted by molar-refractivity contribution is -0.128. The molecule has 3 amide bonds. The van der Waals surface area contributed by atoms with E-state index in [9.17, 15) is 18.0 Å². The summed E-state index contributed by atoms with van der Waals surface area (Å²) in [4.78, 5) is 25.2. The second-order valence-electron chi connectivity index (χ2n) is 5.73. The molecule has 0 aliphatic carbocycles. The van der Waals surface area contributed by atoms with Crippen molar-refractivity contribution in [3.05, 3.63) is 29.3 Å². The Kier molecular flexibility index (Phi) is 5.71. The van der Waals surface area contributed by atoms with E-state index in [0.717, 1.165) is 11.2 Å². The van der Waals surface area contributed by atoms with Gasteiger partial charge in [-0.25, -0.2) is 13.2 Å². The summed E-state index contributed by atoms with van der Waals surface area (Å²) in [5, 5.41) is 2.94. The number of hydrogen-bond donors (Lipinski definition) is 1. The summed E-state index contributed by atoms with van der Waals surface area (Å²) < 4.78 is 28.1. The van der Waals surface area contributed by atoms with Gasteiger partial charge >= 0.3 is 6.03 Å². The number of halogens is 1. The van der Waals surface area contributed by atoms with Gasteiger partial charge in [-0.15, -0.1) is 0 Å². The molecule has 1 N–H and O–H groups in total. The Hall–Kier alpha value is -1.80. The molecule has 2 atom stereocenters. The van der Waals surface area contributed by atoms with Crippen LogP contribution in [0.5, 0.6) is 5.75 Å². The average Bonchev–Trinajstić information content (AvgIpc) is 2.74. The molecule has 0 unspecified atom stereocenters. The summed E-state index contributed by atoms with van der Waals surface area (Å²) >= 11 is 6.01. The van der Waals surface area contributed by atoms with Crippen LogP contribution in [0.15, 0.2) is 24.3 Å². The maximum absolute atomic E-state index is 12.3. The quantitative estimate of drug-likeness (QED) is 0.729. The fourth-order valence-electron chi connectivity index (χ4n) is 2.33. The molecule has 0 radical (unpaired) electrons. The number of sulfone groups is 1. The summed E-state index contributed by atoms with van der Waals surface area (Å²) in [7, 11) is -3.20. The fraction of sp³-hybridized carbons (Fsp3) is 0.467. The van der Waals surface area contributed by atoms with E-state index in [1.165, 1.54) is 0 Å². The minimum atomic E-state index is -3.20.